The van der Waals surface area contributed by atoms with E-state index in [9.17, 15) is 9.59 Å². The maximum Gasteiger partial charge on any atom is 0.257 e. The summed E-state index contributed by atoms with van der Waals surface area (Å²) in [6, 6.07) is 15.4. The van der Waals surface area contributed by atoms with E-state index in [4.69, 9.17) is 9.47 Å². The van der Waals surface area contributed by atoms with Crippen LogP contribution in [0.2, 0.25) is 0 Å². The van der Waals surface area contributed by atoms with Gasteiger partial charge in [-0.05, 0) is 61.1 Å². The Balaban J connectivity index is 1.77. The molecule has 5 nitrogen and oxygen atoms in total. The number of rotatable bonds is 7. The lowest BCUT2D eigenvalue weighted by molar-refractivity contribution is -0.123. The zero-order chi connectivity index (χ0) is 20.6. The number of methoxy groups -OCH3 is 1. The van der Waals surface area contributed by atoms with Crippen LogP contribution in [-0.2, 0) is 9.59 Å². The molecule has 0 aromatic heterocycles. The molecule has 0 saturated heterocycles. The lowest BCUT2D eigenvalue weighted by atomic mass is 9.79. The van der Waals surface area contributed by atoms with Crippen molar-refractivity contribution in [3.63, 3.8) is 0 Å². The molecule has 0 bridgehead atoms. The standard InChI is InChI=1S/C24H27NO4/c1-3-25-23(26)16-29-21-13-12-17(15-22(21)28-2)14-19-10-7-11-20(24(19)27)18-8-5-4-6-9-18/h4-6,8-9,12-15,20H,3,7,10-11,16H2,1-2H3,(H,25,26)/b19-14+/t20-/m1/s1. The Bertz CT molecular complexity index is 889. The van der Waals surface area contributed by atoms with Crippen molar-refractivity contribution in [2.45, 2.75) is 32.1 Å². The van der Waals surface area contributed by atoms with E-state index in [0.29, 0.717) is 18.0 Å². The van der Waals surface area contributed by atoms with Crippen molar-refractivity contribution in [3.8, 4) is 11.5 Å². The molecule has 3 rings (SSSR count). The molecular formula is C24H27NO4. The van der Waals surface area contributed by atoms with E-state index in [-0.39, 0.29) is 24.2 Å². The Labute approximate surface area is 171 Å². The van der Waals surface area contributed by atoms with E-state index in [2.05, 4.69) is 5.32 Å². The maximum absolute atomic E-state index is 13.0. The molecule has 1 saturated carbocycles. The van der Waals surface area contributed by atoms with Crippen molar-refractivity contribution in [1.82, 2.24) is 5.32 Å². The molecule has 1 aliphatic carbocycles. The number of hydrogen-bond donors (Lipinski definition) is 1. The number of carbonyl (C=O) groups excluding carboxylic acids is 2. The normalized spacial score (nSPS) is 17.8. The zero-order valence-corrected chi connectivity index (χ0v) is 16.9. The highest BCUT2D eigenvalue weighted by Gasteiger charge is 2.27. The number of benzene rings is 2. The van der Waals surface area contributed by atoms with E-state index >= 15 is 0 Å². The second-order valence-electron chi connectivity index (χ2n) is 7.04. The smallest absolute Gasteiger partial charge is 0.257 e. The van der Waals surface area contributed by atoms with Gasteiger partial charge in [-0.2, -0.15) is 0 Å². The third-order valence-electron chi connectivity index (χ3n) is 5.04. The van der Waals surface area contributed by atoms with Gasteiger partial charge < -0.3 is 14.8 Å². The van der Waals surface area contributed by atoms with Gasteiger partial charge in [-0.15, -0.1) is 0 Å². The van der Waals surface area contributed by atoms with Crippen LogP contribution in [0.15, 0.2) is 54.1 Å². The Hall–Kier alpha value is -3.08. The molecule has 1 fully saturated rings. The molecule has 1 atom stereocenters. The highest BCUT2D eigenvalue weighted by atomic mass is 16.5. The molecule has 0 spiro atoms. The van der Waals surface area contributed by atoms with Crippen molar-refractivity contribution in [2.24, 2.45) is 0 Å². The molecular weight excluding hydrogens is 366 g/mol. The molecule has 1 amide bonds. The first-order valence-corrected chi connectivity index (χ1v) is 9.99. The minimum Gasteiger partial charge on any atom is -0.493 e. The summed E-state index contributed by atoms with van der Waals surface area (Å²) < 4.78 is 11.0. The van der Waals surface area contributed by atoms with Gasteiger partial charge in [0.2, 0.25) is 0 Å². The topological polar surface area (TPSA) is 64.6 Å². The molecule has 29 heavy (non-hydrogen) atoms. The van der Waals surface area contributed by atoms with E-state index in [1.165, 1.54) is 0 Å². The first-order chi connectivity index (χ1) is 14.1. The highest BCUT2D eigenvalue weighted by molar-refractivity contribution is 6.04. The number of amides is 1. The fraction of sp³-hybridized carbons (Fsp3) is 0.333. The van der Waals surface area contributed by atoms with Gasteiger partial charge in [-0.1, -0.05) is 36.4 Å². The SMILES string of the molecule is CCNC(=O)COc1ccc(/C=C2\CCC[C@H](c3ccccc3)C2=O)cc1OC. The Morgan fingerprint density at radius 2 is 1.97 bits per heavy atom. The number of carbonyl (C=O) groups is 2. The third-order valence-corrected chi connectivity index (χ3v) is 5.04. The van der Waals surface area contributed by atoms with E-state index < -0.39 is 0 Å². The van der Waals surface area contributed by atoms with Crippen molar-refractivity contribution < 1.29 is 19.1 Å². The summed E-state index contributed by atoms with van der Waals surface area (Å²) in [5.74, 6) is 0.973. The number of nitrogens with one attached hydrogen (secondary N) is 1. The van der Waals surface area contributed by atoms with Gasteiger partial charge in [0.25, 0.3) is 5.91 Å². The number of allylic oxidation sites excluding steroid dienone is 1. The molecule has 0 aliphatic heterocycles. The van der Waals surface area contributed by atoms with Crippen LogP contribution in [-0.4, -0.2) is 32.0 Å². The third kappa shape index (κ3) is 5.25. The van der Waals surface area contributed by atoms with Crippen molar-refractivity contribution in [1.29, 1.82) is 0 Å². The number of hydrogen-bond acceptors (Lipinski definition) is 4. The Morgan fingerprint density at radius 3 is 2.69 bits per heavy atom. The number of Topliss-reactive ketones (excluding diaryl/α,β-unsaturated/α-hetero) is 1. The van der Waals surface area contributed by atoms with Gasteiger partial charge >= 0.3 is 0 Å². The summed E-state index contributed by atoms with van der Waals surface area (Å²) in [7, 11) is 1.56. The summed E-state index contributed by atoms with van der Waals surface area (Å²) in [6.07, 6.45) is 4.59. The lowest BCUT2D eigenvalue weighted by Gasteiger charge is -2.23. The predicted octanol–water partition coefficient (Wildman–Crippen LogP) is 4.13. The fourth-order valence-electron chi connectivity index (χ4n) is 3.61. The van der Waals surface area contributed by atoms with Crippen LogP contribution in [0, 0.1) is 0 Å². The average Bonchev–Trinajstić information content (AvgIpc) is 2.75. The first kappa shape index (κ1) is 20.6. The van der Waals surface area contributed by atoms with Crippen LogP contribution in [0.5, 0.6) is 11.5 Å². The van der Waals surface area contributed by atoms with E-state index in [0.717, 1.165) is 36.0 Å². The first-order valence-electron chi connectivity index (χ1n) is 9.99. The zero-order valence-electron chi connectivity index (χ0n) is 16.9. The van der Waals surface area contributed by atoms with Crippen LogP contribution in [0.1, 0.15) is 43.2 Å². The van der Waals surface area contributed by atoms with Crippen molar-refractivity contribution in [3.05, 3.63) is 65.2 Å². The summed E-state index contributed by atoms with van der Waals surface area (Å²) in [5.41, 5.74) is 2.79. The van der Waals surface area contributed by atoms with Crippen LogP contribution in [0.25, 0.3) is 6.08 Å². The van der Waals surface area contributed by atoms with Gasteiger partial charge in [0.15, 0.2) is 23.9 Å². The molecule has 1 aliphatic rings. The molecule has 2 aromatic rings. The summed E-state index contributed by atoms with van der Waals surface area (Å²) in [4.78, 5) is 24.6. The number of ketones is 1. The molecule has 0 radical (unpaired) electrons. The number of ether oxygens (including phenoxy) is 2. The van der Waals surface area contributed by atoms with Crippen LogP contribution < -0.4 is 14.8 Å². The van der Waals surface area contributed by atoms with Gasteiger partial charge in [-0.3, -0.25) is 9.59 Å². The minimum atomic E-state index is -0.180. The largest absolute Gasteiger partial charge is 0.493 e. The summed E-state index contributed by atoms with van der Waals surface area (Å²) in [6.45, 7) is 2.35. The summed E-state index contributed by atoms with van der Waals surface area (Å²) in [5, 5.41) is 2.69. The second kappa shape index (κ2) is 9.92. The van der Waals surface area contributed by atoms with Crippen LogP contribution >= 0.6 is 0 Å². The fourth-order valence-corrected chi connectivity index (χ4v) is 3.61. The predicted molar refractivity (Wildman–Crippen MR) is 113 cm³/mol. The van der Waals surface area contributed by atoms with Gasteiger partial charge in [-0.25, -0.2) is 0 Å². The van der Waals surface area contributed by atoms with Gasteiger partial charge in [0.05, 0.1) is 7.11 Å². The minimum absolute atomic E-state index is 0.0676. The molecule has 2 aromatic carbocycles. The Kier molecular flexibility index (Phi) is 7.06. The maximum atomic E-state index is 13.0. The van der Waals surface area contributed by atoms with E-state index in [1.54, 1.807) is 13.2 Å². The van der Waals surface area contributed by atoms with Gasteiger partial charge in [0.1, 0.15) is 0 Å². The monoisotopic (exact) mass is 393 g/mol. The molecule has 152 valence electrons. The van der Waals surface area contributed by atoms with E-state index in [1.807, 2.05) is 55.5 Å². The van der Waals surface area contributed by atoms with Gasteiger partial charge in [0, 0.05) is 12.5 Å². The Morgan fingerprint density at radius 1 is 1.17 bits per heavy atom. The molecule has 5 heteroatoms. The molecule has 0 heterocycles. The van der Waals surface area contributed by atoms with Crippen LogP contribution in [0.4, 0.5) is 0 Å². The lowest BCUT2D eigenvalue weighted by Crippen LogP contribution is -2.28. The second-order valence-corrected chi connectivity index (χ2v) is 7.04. The molecule has 0 unspecified atom stereocenters. The average molecular weight is 393 g/mol. The van der Waals surface area contributed by atoms with Crippen molar-refractivity contribution >= 4 is 17.8 Å². The quantitative estimate of drug-likeness (QED) is 0.719. The number of likely N-dealkylation sites (N-methyl/N-ethyl adjacent to an activating group) is 1. The highest BCUT2D eigenvalue weighted by Crippen LogP contribution is 2.35. The van der Waals surface area contributed by atoms with Crippen LogP contribution in [0.3, 0.4) is 0 Å². The molecule has 1 N–H and O–H groups in total. The summed E-state index contributed by atoms with van der Waals surface area (Å²) >= 11 is 0. The van der Waals surface area contributed by atoms with Crippen molar-refractivity contribution in [2.75, 3.05) is 20.3 Å².